The molecule has 0 aliphatic heterocycles. The molecule has 0 radical (unpaired) electrons. The molecular formula is C30H24FN3O4S2. The van der Waals surface area contributed by atoms with Crippen molar-refractivity contribution in [2.75, 3.05) is 24.9 Å². The lowest BCUT2D eigenvalue weighted by molar-refractivity contribution is 0.101. The van der Waals surface area contributed by atoms with E-state index >= 15 is 0 Å². The maximum atomic E-state index is 13.8. The minimum atomic E-state index is -0.480. The highest BCUT2D eigenvalue weighted by atomic mass is 32.2. The van der Waals surface area contributed by atoms with Gasteiger partial charge in [-0.25, -0.2) is 9.37 Å². The summed E-state index contributed by atoms with van der Waals surface area (Å²) in [6.45, 7) is 0. The van der Waals surface area contributed by atoms with E-state index in [4.69, 9.17) is 9.47 Å². The van der Waals surface area contributed by atoms with Crippen LogP contribution in [0.3, 0.4) is 0 Å². The Morgan fingerprint density at radius 3 is 2.33 bits per heavy atom. The highest BCUT2D eigenvalue weighted by molar-refractivity contribution is 8.00. The molecule has 0 aliphatic rings. The lowest BCUT2D eigenvalue weighted by Crippen LogP contribution is -2.12. The van der Waals surface area contributed by atoms with Crippen molar-refractivity contribution in [3.8, 4) is 11.5 Å². The summed E-state index contributed by atoms with van der Waals surface area (Å²) in [5, 5.41) is 5.51. The Bertz CT molecular complexity index is 1690. The topological polar surface area (TPSA) is 89.5 Å². The molecule has 0 atom stereocenters. The molecular weight excluding hydrogens is 549 g/mol. The average molecular weight is 574 g/mol. The second-order valence-corrected chi connectivity index (χ2v) is 10.9. The van der Waals surface area contributed by atoms with Gasteiger partial charge in [0.25, 0.3) is 11.8 Å². The molecule has 2 amide bonds. The maximum Gasteiger partial charge on any atom is 0.255 e. The summed E-state index contributed by atoms with van der Waals surface area (Å²) in [4.78, 5) is 29.9. The molecule has 4 aromatic carbocycles. The molecule has 10 heteroatoms. The number of para-hydroxylation sites is 1. The van der Waals surface area contributed by atoms with E-state index in [0.29, 0.717) is 34.1 Å². The van der Waals surface area contributed by atoms with Gasteiger partial charge in [-0.1, -0.05) is 36.0 Å². The van der Waals surface area contributed by atoms with Crippen LogP contribution in [0.4, 0.5) is 15.8 Å². The first-order valence-corrected chi connectivity index (χ1v) is 14.0. The smallest absolute Gasteiger partial charge is 0.255 e. The number of rotatable bonds is 9. The van der Waals surface area contributed by atoms with Gasteiger partial charge in [-0.15, -0.1) is 11.3 Å². The van der Waals surface area contributed by atoms with Crippen molar-refractivity contribution in [2.24, 2.45) is 0 Å². The van der Waals surface area contributed by atoms with E-state index < -0.39 is 5.82 Å². The van der Waals surface area contributed by atoms with Crippen molar-refractivity contribution in [2.45, 2.75) is 10.1 Å². The number of aromatic nitrogens is 1. The summed E-state index contributed by atoms with van der Waals surface area (Å²) in [5.41, 5.74) is 3.57. The molecule has 2 N–H and O–H groups in total. The first-order valence-electron chi connectivity index (χ1n) is 12.1. The number of fused-ring (bicyclic) bond motifs is 1. The van der Waals surface area contributed by atoms with E-state index in [9.17, 15) is 14.0 Å². The third kappa shape index (κ3) is 6.24. The molecule has 0 saturated carbocycles. The number of nitrogens with one attached hydrogen (secondary N) is 2. The van der Waals surface area contributed by atoms with Crippen LogP contribution in [0.25, 0.3) is 10.2 Å². The van der Waals surface area contributed by atoms with Crippen molar-refractivity contribution >= 4 is 56.5 Å². The van der Waals surface area contributed by atoms with Crippen LogP contribution in [0, 0.1) is 5.82 Å². The van der Waals surface area contributed by atoms with E-state index in [0.717, 1.165) is 20.1 Å². The lowest BCUT2D eigenvalue weighted by Gasteiger charge is -2.10. The van der Waals surface area contributed by atoms with Gasteiger partial charge in [0.15, 0.2) is 15.8 Å². The molecule has 5 rings (SSSR count). The van der Waals surface area contributed by atoms with E-state index in [1.54, 1.807) is 61.3 Å². The summed E-state index contributed by atoms with van der Waals surface area (Å²) in [6, 6.07) is 23.8. The van der Waals surface area contributed by atoms with Crippen molar-refractivity contribution in [1.29, 1.82) is 0 Å². The minimum absolute atomic E-state index is 0.145. The molecule has 5 aromatic rings. The molecule has 0 fully saturated rings. The highest BCUT2D eigenvalue weighted by Crippen LogP contribution is 2.33. The fourth-order valence-electron chi connectivity index (χ4n) is 3.88. The number of halogens is 1. The number of thiazole rings is 1. The Morgan fingerprint density at radius 1 is 0.850 bits per heavy atom. The lowest BCUT2D eigenvalue weighted by atomic mass is 10.1. The van der Waals surface area contributed by atoms with Crippen LogP contribution in [0.1, 0.15) is 26.3 Å². The molecule has 0 unspecified atom stereocenters. The van der Waals surface area contributed by atoms with E-state index in [-0.39, 0.29) is 17.5 Å². The molecule has 1 aromatic heterocycles. The molecule has 40 heavy (non-hydrogen) atoms. The van der Waals surface area contributed by atoms with Gasteiger partial charge in [0.05, 0.1) is 30.1 Å². The van der Waals surface area contributed by atoms with Crippen LogP contribution in [-0.4, -0.2) is 31.0 Å². The molecule has 0 spiro atoms. The predicted molar refractivity (Wildman–Crippen MR) is 157 cm³/mol. The summed E-state index contributed by atoms with van der Waals surface area (Å²) >= 11 is 3.13. The van der Waals surface area contributed by atoms with Gasteiger partial charge in [0, 0.05) is 22.6 Å². The van der Waals surface area contributed by atoms with Gasteiger partial charge in [-0.2, -0.15) is 0 Å². The van der Waals surface area contributed by atoms with Gasteiger partial charge >= 0.3 is 0 Å². The number of carbonyl (C=O) groups is 2. The van der Waals surface area contributed by atoms with Gasteiger partial charge < -0.3 is 20.1 Å². The number of thioether (sulfide) groups is 1. The summed E-state index contributed by atoms with van der Waals surface area (Å²) < 4.78 is 26.2. The van der Waals surface area contributed by atoms with Crippen molar-refractivity contribution in [1.82, 2.24) is 4.98 Å². The van der Waals surface area contributed by atoms with E-state index in [1.165, 1.54) is 30.6 Å². The van der Waals surface area contributed by atoms with E-state index in [2.05, 4.69) is 15.6 Å². The van der Waals surface area contributed by atoms with Gasteiger partial charge in [0.2, 0.25) is 0 Å². The normalized spacial score (nSPS) is 10.8. The largest absolute Gasteiger partial charge is 0.493 e. The monoisotopic (exact) mass is 573 g/mol. The second-order valence-electron chi connectivity index (χ2n) is 8.61. The number of benzene rings is 4. The zero-order valence-electron chi connectivity index (χ0n) is 21.6. The first-order chi connectivity index (χ1) is 19.4. The van der Waals surface area contributed by atoms with Crippen molar-refractivity contribution in [3.05, 3.63) is 107 Å². The first kappa shape index (κ1) is 27.2. The third-order valence-electron chi connectivity index (χ3n) is 5.97. The Kier molecular flexibility index (Phi) is 8.28. The summed E-state index contributed by atoms with van der Waals surface area (Å²) in [5.74, 6) is 0.589. The number of anilines is 2. The van der Waals surface area contributed by atoms with E-state index in [1.807, 2.05) is 30.3 Å². The van der Waals surface area contributed by atoms with Crippen LogP contribution < -0.4 is 20.1 Å². The molecule has 0 saturated heterocycles. The van der Waals surface area contributed by atoms with Gasteiger partial charge in [0.1, 0.15) is 5.82 Å². The number of amides is 2. The van der Waals surface area contributed by atoms with Crippen LogP contribution in [0.15, 0.2) is 89.3 Å². The standard InChI is InChI=1S/C30H24FN3O4S2/c1-37-25-14-11-20(15-26(25)38-2)29(36)32-21-12-13-24-27(16-21)40-30(34-24)39-17-18-7-9-19(10-8-18)28(35)33-23-6-4-3-5-22(23)31/h3-16H,17H2,1-2H3,(H,32,36)(H,33,35). The SMILES string of the molecule is COc1ccc(C(=O)Nc2ccc3nc(SCc4ccc(C(=O)Nc5ccccc5F)cc4)sc3c2)cc1OC. The van der Waals surface area contributed by atoms with Crippen LogP contribution in [-0.2, 0) is 5.75 Å². The zero-order valence-corrected chi connectivity index (χ0v) is 23.2. The number of hydrogen-bond donors (Lipinski definition) is 2. The van der Waals surface area contributed by atoms with Crippen molar-refractivity contribution in [3.63, 3.8) is 0 Å². The molecule has 0 aliphatic carbocycles. The number of methoxy groups -OCH3 is 2. The quantitative estimate of drug-likeness (QED) is 0.181. The number of nitrogens with zero attached hydrogens (tertiary/aromatic N) is 1. The fourth-order valence-corrected chi connectivity index (χ4v) is 5.94. The second kappa shape index (κ2) is 12.2. The van der Waals surface area contributed by atoms with Crippen LogP contribution >= 0.6 is 23.1 Å². The molecule has 7 nitrogen and oxygen atoms in total. The number of ether oxygens (including phenoxy) is 2. The Hall–Kier alpha value is -4.41. The average Bonchev–Trinajstić information content (AvgIpc) is 3.39. The number of carbonyl (C=O) groups excluding carboxylic acids is 2. The molecule has 1 heterocycles. The van der Waals surface area contributed by atoms with Crippen molar-refractivity contribution < 1.29 is 23.5 Å². The third-order valence-corrected chi connectivity index (χ3v) is 8.21. The van der Waals surface area contributed by atoms with Gasteiger partial charge in [-0.3, -0.25) is 9.59 Å². The highest BCUT2D eigenvalue weighted by Gasteiger charge is 2.13. The van der Waals surface area contributed by atoms with Crippen LogP contribution in [0.2, 0.25) is 0 Å². The maximum absolute atomic E-state index is 13.8. The summed E-state index contributed by atoms with van der Waals surface area (Å²) in [6.07, 6.45) is 0. The Morgan fingerprint density at radius 2 is 1.57 bits per heavy atom. The fraction of sp³-hybridized carbons (Fsp3) is 0.100. The minimum Gasteiger partial charge on any atom is -0.493 e. The number of hydrogen-bond acceptors (Lipinski definition) is 7. The Balaban J connectivity index is 1.20. The Labute approximate surface area is 238 Å². The summed E-state index contributed by atoms with van der Waals surface area (Å²) in [7, 11) is 3.07. The molecule has 0 bridgehead atoms. The van der Waals surface area contributed by atoms with Crippen LogP contribution in [0.5, 0.6) is 11.5 Å². The molecule has 202 valence electrons. The predicted octanol–water partition coefficient (Wildman–Crippen LogP) is 7.25. The zero-order chi connectivity index (χ0) is 28.1. The van der Waals surface area contributed by atoms with Gasteiger partial charge in [-0.05, 0) is 66.2 Å².